The molecule has 0 fully saturated rings. The Balaban J connectivity index is 1.63. The van der Waals surface area contributed by atoms with Crippen molar-refractivity contribution in [3.8, 4) is 11.3 Å². The molecule has 1 aliphatic rings. The van der Waals surface area contributed by atoms with Crippen molar-refractivity contribution in [3.63, 3.8) is 0 Å². The van der Waals surface area contributed by atoms with E-state index in [1.54, 1.807) is 10.3 Å². The quantitative estimate of drug-likeness (QED) is 0.630. The lowest BCUT2D eigenvalue weighted by Gasteiger charge is -2.25. The van der Waals surface area contributed by atoms with Crippen molar-refractivity contribution in [1.82, 2.24) is 15.0 Å². The fourth-order valence-electron chi connectivity index (χ4n) is 2.86. The Hall–Kier alpha value is -2.26. The smallest absolute Gasteiger partial charge is 0.273 e. The van der Waals surface area contributed by atoms with E-state index in [2.05, 4.69) is 10.1 Å². The van der Waals surface area contributed by atoms with Crippen LogP contribution in [-0.2, 0) is 13.0 Å². The number of carbonyl (C=O) groups is 1. The van der Waals surface area contributed by atoms with E-state index in [4.69, 9.17) is 4.52 Å². The molecule has 3 aromatic rings. The lowest BCUT2D eigenvalue weighted by Crippen LogP contribution is -2.35. The highest BCUT2D eigenvalue weighted by molar-refractivity contribution is 8.00. The molecule has 0 aliphatic carbocycles. The van der Waals surface area contributed by atoms with Gasteiger partial charge in [0.25, 0.3) is 5.91 Å². The topological polar surface area (TPSA) is 59.2 Å². The normalized spacial score (nSPS) is 13.7. The van der Waals surface area contributed by atoms with Gasteiger partial charge in [-0.15, -0.1) is 11.3 Å². The summed E-state index contributed by atoms with van der Waals surface area (Å²) in [4.78, 5) is 18.7. The molecular weight excluding hydrogens is 380 g/mol. The second-order valence-corrected chi connectivity index (χ2v) is 7.65. The molecule has 134 valence electrons. The maximum atomic E-state index is 13.6. The first kappa shape index (κ1) is 17.2. The minimum Gasteiger partial charge on any atom is -0.360 e. The number of thiazole rings is 1. The summed E-state index contributed by atoms with van der Waals surface area (Å²) >= 11 is 2.92. The highest BCUT2D eigenvalue weighted by Gasteiger charge is 2.29. The molecule has 0 spiro atoms. The Morgan fingerprint density at radius 1 is 1.35 bits per heavy atom. The molecule has 0 bridgehead atoms. The van der Waals surface area contributed by atoms with Gasteiger partial charge in [0, 0.05) is 29.5 Å². The van der Waals surface area contributed by atoms with Crippen molar-refractivity contribution in [2.75, 3.05) is 12.8 Å². The molecule has 0 radical (unpaired) electrons. The number of benzene rings is 1. The van der Waals surface area contributed by atoms with Crippen LogP contribution in [0.2, 0.25) is 0 Å². The van der Waals surface area contributed by atoms with Crippen molar-refractivity contribution >= 4 is 29.0 Å². The number of hydrogen-bond acceptors (Lipinski definition) is 6. The number of rotatable bonds is 3. The highest BCUT2D eigenvalue weighted by atomic mass is 32.2. The van der Waals surface area contributed by atoms with Gasteiger partial charge in [-0.1, -0.05) is 16.9 Å². The van der Waals surface area contributed by atoms with Crippen LogP contribution < -0.4 is 0 Å². The summed E-state index contributed by atoms with van der Waals surface area (Å²) in [6.45, 7) is 0.780. The van der Waals surface area contributed by atoms with Crippen LogP contribution >= 0.6 is 23.1 Å². The fourth-order valence-corrected chi connectivity index (χ4v) is 4.10. The number of halogens is 2. The molecule has 26 heavy (non-hydrogen) atoms. The van der Waals surface area contributed by atoms with E-state index in [0.717, 1.165) is 22.0 Å². The highest BCUT2D eigenvalue weighted by Crippen LogP contribution is 2.31. The molecule has 3 heterocycles. The Kier molecular flexibility index (Phi) is 4.49. The summed E-state index contributed by atoms with van der Waals surface area (Å²) < 4.78 is 32.9. The van der Waals surface area contributed by atoms with Crippen LogP contribution in [0.3, 0.4) is 0 Å². The zero-order chi connectivity index (χ0) is 18.3. The van der Waals surface area contributed by atoms with Gasteiger partial charge in [0.15, 0.2) is 11.6 Å². The van der Waals surface area contributed by atoms with Crippen molar-refractivity contribution in [3.05, 3.63) is 52.2 Å². The number of nitrogens with zero attached hydrogens (tertiary/aromatic N) is 3. The van der Waals surface area contributed by atoms with E-state index >= 15 is 0 Å². The molecule has 1 amide bonds. The monoisotopic (exact) mass is 393 g/mol. The lowest BCUT2D eigenvalue weighted by molar-refractivity contribution is 0.0723. The average molecular weight is 393 g/mol. The van der Waals surface area contributed by atoms with Crippen LogP contribution in [0, 0.1) is 11.6 Å². The predicted octanol–water partition coefficient (Wildman–Crippen LogP) is 4.00. The number of thioether (sulfide) groups is 1. The summed E-state index contributed by atoms with van der Waals surface area (Å²) in [5.74, 6) is -1.37. The molecule has 1 aromatic carbocycles. The second kappa shape index (κ2) is 6.81. The zero-order valence-corrected chi connectivity index (χ0v) is 15.3. The van der Waals surface area contributed by atoms with E-state index in [1.807, 2.05) is 6.26 Å². The molecule has 0 saturated carbocycles. The first-order chi connectivity index (χ1) is 12.6. The number of amides is 1. The van der Waals surface area contributed by atoms with Crippen molar-refractivity contribution in [2.24, 2.45) is 0 Å². The molecule has 0 unspecified atom stereocenters. The van der Waals surface area contributed by atoms with E-state index in [1.165, 1.54) is 29.2 Å². The van der Waals surface area contributed by atoms with E-state index < -0.39 is 11.6 Å². The minimum atomic E-state index is -0.949. The molecule has 0 N–H and O–H groups in total. The fraction of sp³-hybridized carbons (Fsp3) is 0.235. The Bertz CT molecular complexity index is 986. The van der Waals surface area contributed by atoms with Gasteiger partial charge in [-0.25, -0.2) is 13.8 Å². The summed E-state index contributed by atoms with van der Waals surface area (Å²) in [6, 6.07) is 3.58. The van der Waals surface area contributed by atoms with Crippen LogP contribution in [0.15, 0.2) is 32.4 Å². The number of hydrogen-bond donors (Lipinski definition) is 0. The van der Waals surface area contributed by atoms with Crippen LogP contribution in [0.25, 0.3) is 11.3 Å². The lowest BCUT2D eigenvalue weighted by atomic mass is 10.0. The van der Waals surface area contributed by atoms with Gasteiger partial charge in [0.1, 0.15) is 21.5 Å². The summed E-state index contributed by atoms with van der Waals surface area (Å²) in [5, 5.41) is 5.75. The predicted molar refractivity (Wildman–Crippen MR) is 94.2 cm³/mol. The van der Waals surface area contributed by atoms with Gasteiger partial charge in [-0.05, 0) is 24.5 Å². The van der Waals surface area contributed by atoms with E-state index in [0.29, 0.717) is 35.7 Å². The molecule has 4 rings (SSSR count). The maximum Gasteiger partial charge on any atom is 0.273 e. The van der Waals surface area contributed by atoms with Gasteiger partial charge in [-0.3, -0.25) is 4.79 Å². The number of carbonyl (C=O) groups excluding carboxylic acids is 1. The third-order valence-electron chi connectivity index (χ3n) is 4.18. The minimum absolute atomic E-state index is 0.162. The van der Waals surface area contributed by atoms with Crippen molar-refractivity contribution in [2.45, 2.75) is 17.3 Å². The second-order valence-electron chi connectivity index (χ2n) is 5.74. The van der Waals surface area contributed by atoms with Crippen LogP contribution in [0.4, 0.5) is 8.78 Å². The summed E-state index contributed by atoms with van der Waals surface area (Å²) in [7, 11) is 0. The zero-order valence-electron chi connectivity index (χ0n) is 13.7. The SMILES string of the molecule is CSc1nc(C(=O)N2CCc3onc(-c4ccc(F)c(F)c4)c3C2)cs1. The third kappa shape index (κ3) is 3.01. The molecule has 5 nitrogen and oxygen atoms in total. The molecular formula is C17H13F2N3O2S2. The summed E-state index contributed by atoms with van der Waals surface area (Å²) in [5.41, 5.74) is 1.98. The Morgan fingerprint density at radius 3 is 2.92 bits per heavy atom. The van der Waals surface area contributed by atoms with Crippen molar-refractivity contribution in [1.29, 1.82) is 0 Å². The van der Waals surface area contributed by atoms with Gasteiger partial charge in [0.2, 0.25) is 0 Å². The Morgan fingerprint density at radius 2 is 2.19 bits per heavy atom. The number of aromatic nitrogens is 2. The van der Waals surface area contributed by atoms with Crippen LogP contribution in [0.5, 0.6) is 0 Å². The van der Waals surface area contributed by atoms with Gasteiger partial charge in [-0.2, -0.15) is 0 Å². The van der Waals surface area contributed by atoms with Gasteiger partial charge in [0.05, 0.1) is 6.54 Å². The molecule has 0 atom stereocenters. The standard InChI is InChI=1S/C17H13F2N3O2S2/c1-25-17-20-13(8-26-17)16(23)22-5-4-14-10(7-22)15(21-24-14)9-2-3-11(18)12(19)6-9/h2-3,6,8H,4-5,7H2,1H3. The van der Waals surface area contributed by atoms with E-state index in [-0.39, 0.29) is 12.5 Å². The summed E-state index contributed by atoms with van der Waals surface area (Å²) in [6.07, 6.45) is 2.42. The molecule has 2 aromatic heterocycles. The largest absolute Gasteiger partial charge is 0.360 e. The third-order valence-corrected chi connectivity index (χ3v) is 6.05. The molecule has 1 aliphatic heterocycles. The molecule has 9 heteroatoms. The first-order valence-corrected chi connectivity index (χ1v) is 9.89. The van der Waals surface area contributed by atoms with E-state index in [9.17, 15) is 13.6 Å². The maximum absolute atomic E-state index is 13.6. The average Bonchev–Trinajstić information content (AvgIpc) is 3.29. The van der Waals surface area contributed by atoms with Crippen LogP contribution in [0.1, 0.15) is 21.8 Å². The van der Waals surface area contributed by atoms with Gasteiger partial charge < -0.3 is 9.42 Å². The first-order valence-electron chi connectivity index (χ1n) is 7.78. The molecule has 0 saturated heterocycles. The van der Waals surface area contributed by atoms with Crippen LogP contribution in [-0.4, -0.2) is 33.7 Å². The Labute approximate surface area is 156 Å². The number of fused-ring (bicyclic) bond motifs is 1. The van der Waals surface area contributed by atoms with Crippen molar-refractivity contribution < 1.29 is 18.1 Å². The van der Waals surface area contributed by atoms with Gasteiger partial charge >= 0.3 is 0 Å².